The van der Waals surface area contributed by atoms with E-state index in [1.807, 2.05) is 42.1 Å². The summed E-state index contributed by atoms with van der Waals surface area (Å²) in [6.45, 7) is 1.46. The van der Waals surface area contributed by atoms with Gasteiger partial charge in [0.05, 0.1) is 12.2 Å². The molecule has 1 aromatic carbocycles. The van der Waals surface area contributed by atoms with Crippen LogP contribution in [0.2, 0.25) is 5.02 Å². The number of nitrogens with zero attached hydrogens (tertiary/aromatic N) is 3. The van der Waals surface area contributed by atoms with Crippen LogP contribution in [0.25, 0.3) is 0 Å². The number of aromatic nitrogens is 2. The number of hydrogen-bond donors (Lipinski definition) is 2. The Morgan fingerprint density at radius 3 is 2.68 bits per heavy atom. The van der Waals surface area contributed by atoms with Crippen LogP contribution in [0.5, 0.6) is 0 Å². The Morgan fingerprint density at radius 2 is 2.05 bits per heavy atom. The molecule has 0 fully saturated rings. The van der Waals surface area contributed by atoms with E-state index in [0.29, 0.717) is 6.54 Å². The number of benzene rings is 1. The van der Waals surface area contributed by atoms with E-state index in [-0.39, 0.29) is 24.0 Å². The summed E-state index contributed by atoms with van der Waals surface area (Å²) in [7, 11) is 3.68. The number of hydrogen-bond acceptors (Lipinski definition) is 2. The third-order valence-corrected chi connectivity index (χ3v) is 3.60. The first-order valence-electron chi connectivity index (χ1n) is 6.85. The number of halogens is 2. The van der Waals surface area contributed by atoms with E-state index in [2.05, 4.69) is 20.7 Å². The maximum atomic E-state index is 6.14. The lowest BCUT2D eigenvalue weighted by molar-refractivity contribution is 0.684. The van der Waals surface area contributed by atoms with Gasteiger partial charge in [-0.2, -0.15) is 5.10 Å². The molecule has 2 rings (SSSR count). The molecule has 0 aliphatic carbocycles. The molecule has 2 N–H and O–H groups in total. The highest BCUT2D eigenvalue weighted by Gasteiger charge is 2.02. The van der Waals surface area contributed by atoms with Crippen molar-refractivity contribution in [2.75, 3.05) is 13.6 Å². The van der Waals surface area contributed by atoms with Crippen molar-refractivity contribution in [1.29, 1.82) is 0 Å². The monoisotopic (exact) mass is 433 g/mol. The molecule has 0 bridgehead atoms. The minimum Gasteiger partial charge on any atom is -0.356 e. The molecule has 0 atom stereocenters. The van der Waals surface area contributed by atoms with Gasteiger partial charge in [-0.3, -0.25) is 9.67 Å². The number of aryl methyl sites for hydroxylation is 1. The van der Waals surface area contributed by atoms with Crippen LogP contribution < -0.4 is 10.6 Å². The van der Waals surface area contributed by atoms with Crippen LogP contribution in [0.15, 0.2) is 41.5 Å². The molecule has 0 unspecified atom stereocenters. The van der Waals surface area contributed by atoms with Crippen molar-refractivity contribution in [2.24, 2.45) is 12.0 Å². The van der Waals surface area contributed by atoms with E-state index in [4.69, 9.17) is 11.6 Å². The number of aliphatic imine (C=N–C) groups is 1. The first kappa shape index (κ1) is 18.8. The zero-order chi connectivity index (χ0) is 15.1. The molecule has 5 nitrogen and oxygen atoms in total. The van der Waals surface area contributed by atoms with E-state index in [0.717, 1.165) is 35.2 Å². The maximum Gasteiger partial charge on any atom is 0.191 e. The van der Waals surface area contributed by atoms with Crippen molar-refractivity contribution in [3.63, 3.8) is 0 Å². The maximum absolute atomic E-state index is 6.14. The summed E-state index contributed by atoms with van der Waals surface area (Å²) in [5, 5.41) is 11.5. The summed E-state index contributed by atoms with van der Waals surface area (Å²) in [5.41, 5.74) is 2.23. The lowest BCUT2D eigenvalue weighted by Gasteiger charge is -2.12. The first-order valence-corrected chi connectivity index (χ1v) is 7.23. The number of nitrogens with one attached hydrogen (secondary N) is 2. The van der Waals surface area contributed by atoms with Crippen molar-refractivity contribution in [2.45, 2.75) is 13.0 Å². The highest BCUT2D eigenvalue weighted by Crippen LogP contribution is 2.14. The largest absolute Gasteiger partial charge is 0.356 e. The standard InChI is InChI=1S/C15H20ClN5.HI/c1-17-15(19-11-13-8-10-20-21(13)2)18-9-7-12-5-3-4-6-14(12)16;/h3-6,8,10H,7,9,11H2,1-2H3,(H2,17,18,19);1H. The fourth-order valence-electron chi connectivity index (χ4n) is 1.99. The summed E-state index contributed by atoms with van der Waals surface area (Å²) in [6, 6.07) is 9.86. The fraction of sp³-hybridized carbons (Fsp3) is 0.333. The molecule has 0 spiro atoms. The topological polar surface area (TPSA) is 54.2 Å². The van der Waals surface area contributed by atoms with Crippen molar-refractivity contribution < 1.29 is 0 Å². The summed E-state index contributed by atoms with van der Waals surface area (Å²) < 4.78 is 1.84. The highest BCUT2D eigenvalue weighted by atomic mass is 127. The highest BCUT2D eigenvalue weighted by molar-refractivity contribution is 14.0. The average molecular weight is 434 g/mol. The minimum atomic E-state index is 0. The van der Waals surface area contributed by atoms with Crippen LogP contribution in [-0.4, -0.2) is 29.3 Å². The van der Waals surface area contributed by atoms with Gasteiger partial charge in [-0.05, 0) is 24.1 Å². The molecule has 2 aromatic rings. The van der Waals surface area contributed by atoms with E-state index in [1.165, 1.54) is 0 Å². The van der Waals surface area contributed by atoms with Crippen LogP contribution in [0.4, 0.5) is 0 Å². The van der Waals surface area contributed by atoms with Crippen molar-refractivity contribution in [3.05, 3.63) is 52.8 Å². The normalized spacial score (nSPS) is 11.0. The molecule has 0 aliphatic rings. The summed E-state index contributed by atoms with van der Waals surface area (Å²) in [5.74, 6) is 0.767. The predicted octanol–water partition coefficient (Wildman–Crippen LogP) is 2.60. The molecule has 7 heteroatoms. The lowest BCUT2D eigenvalue weighted by atomic mass is 10.1. The van der Waals surface area contributed by atoms with Gasteiger partial charge in [0.1, 0.15) is 0 Å². The molecule has 1 heterocycles. The number of rotatable bonds is 5. The minimum absolute atomic E-state index is 0. The van der Waals surface area contributed by atoms with Crippen LogP contribution in [-0.2, 0) is 20.0 Å². The summed E-state index contributed by atoms with van der Waals surface area (Å²) in [4.78, 5) is 4.20. The molecule has 1 aromatic heterocycles. The quantitative estimate of drug-likeness (QED) is 0.433. The van der Waals surface area contributed by atoms with Gasteiger partial charge in [0.25, 0.3) is 0 Å². The Labute approximate surface area is 153 Å². The van der Waals surface area contributed by atoms with E-state index in [9.17, 15) is 0 Å². The molecular formula is C15H21ClIN5. The van der Waals surface area contributed by atoms with E-state index in [1.54, 1.807) is 13.2 Å². The zero-order valence-corrected chi connectivity index (χ0v) is 15.8. The SMILES string of the molecule is CN=C(NCCc1ccccc1Cl)NCc1ccnn1C.I. The van der Waals surface area contributed by atoms with Crippen LogP contribution in [0.1, 0.15) is 11.3 Å². The predicted molar refractivity (Wildman–Crippen MR) is 102 cm³/mol. The Morgan fingerprint density at radius 1 is 1.27 bits per heavy atom. The molecule has 0 radical (unpaired) electrons. The second kappa shape index (κ2) is 9.68. The molecule has 22 heavy (non-hydrogen) atoms. The van der Waals surface area contributed by atoms with Gasteiger partial charge in [0, 0.05) is 31.9 Å². The Kier molecular flexibility index (Phi) is 8.26. The van der Waals surface area contributed by atoms with Crippen molar-refractivity contribution in [3.8, 4) is 0 Å². The summed E-state index contributed by atoms with van der Waals surface area (Å²) >= 11 is 6.14. The Balaban J connectivity index is 0.00000242. The van der Waals surface area contributed by atoms with Gasteiger partial charge in [0.15, 0.2) is 5.96 Å². The van der Waals surface area contributed by atoms with Gasteiger partial charge >= 0.3 is 0 Å². The molecule has 0 saturated heterocycles. The molecular weight excluding hydrogens is 413 g/mol. The lowest BCUT2D eigenvalue weighted by Crippen LogP contribution is -2.38. The third-order valence-electron chi connectivity index (χ3n) is 3.23. The molecule has 0 saturated carbocycles. The third kappa shape index (κ3) is 5.49. The number of guanidine groups is 1. The second-order valence-corrected chi connectivity index (χ2v) is 5.05. The molecule has 0 amide bonds. The van der Waals surface area contributed by atoms with E-state index < -0.39 is 0 Å². The summed E-state index contributed by atoms with van der Waals surface area (Å²) in [6.07, 6.45) is 2.64. The van der Waals surface area contributed by atoms with Gasteiger partial charge < -0.3 is 10.6 Å². The van der Waals surface area contributed by atoms with Crippen LogP contribution >= 0.6 is 35.6 Å². The van der Waals surface area contributed by atoms with Crippen molar-refractivity contribution >= 4 is 41.5 Å². The molecule has 0 aliphatic heterocycles. The Hall–Kier alpha value is -1.28. The molecule has 120 valence electrons. The van der Waals surface area contributed by atoms with E-state index >= 15 is 0 Å². The van der Waals surface area contributed by atoms with Gasteiger partial charge in [-0.25, -0.2) is 0 Å². The van der Waals surface area contributed by atoms with Crippen LogP contribution in [0, 0.1) is 0 Å². The first-order chi connectivity index (χ1) is 10.2. The smallest absolute Gasteiger partial charge is 0.191 e. The van der Waals surface area contributed by atoms with Gasteiger partial charge in [-0.15, -0.1) is 24.0 Å². The van der Waals surface area contributed by atoms with Crippen LogP contribution in [0.3, 0.4) is 0 Å². The van der Waals surface area contributed by atoms with Gasteiger partial charge in [-0.1, -0.05) is 29.8 Å². The van der Waals surface area contributed by atoms with Crippen molar-refractivity contribution in [1.82, 2.24) is 20.4 Å². The Bertz CT molecular complexity index is 611. The zero-order valence-electron chi connectivity index (χ0n) is 12.7. The average Bonchev–Trinajstić information content (AvgIpc) is 2.90. The fourth-order valence-corrected chi connectivity index (χ4v) is 2.22. The van der Waals surface area contributed by atoms with Gasteiger partial charge in [0.2, 0.25) is 0 Å². The second-order valence-electron chi connectivity index (χ2n) is 4.64.